The van der Waals surface area contributed by atoms with Gasteiger partial charge >= 0.3 is 0 Å². The molecule has 1 amide bonds. The van der Waals surface area contributed by atoms with Crippen LogP contribution in [0.1, 0.15) is 59.5 Å². The molecule has 1 aliphatic carbocycles. The fourth-order valence-electron chi connectivity index (χ4n) is 4.64. The van der Waals surface area contributed by atoms with Crippen molar-refractivity contribution in [3.8, 4) is 16.9 Å². The van der Waals surface area contributed by atoms with E-state index in [2.05, 4.69) is 27.4 Å². The molecule has 1 aliphatic heterocycles. The normalized spacial score (nSPS) is 16.8. The average Bonchev–Trinajstić information content (AvgIpc) is 3.40. The molecule has 2 aromatic heterocycles. The van der Waals surface area contributed by atoms with E-state index in [9.17, 15) is 4.79 Å². The molecule has 0 spiro atoms. The molecule has 7 nitrogen and oxygen atoms in total. The Morgan fingerprint density at radius 1 is 0.909 bits per heavy atom. The Kier molecular flexibility index (Phi) is 5.02. The summed E-state index contributed by atoms with van der Waals surface area (Å²) >= 11 is 0. The third-order valence-electron chi connectivity index (χ3n) is 6.68. The van der Waals surface area contributed by atoms with Gasteiger partial charge in [0.05, 0.1) is 17.6 Å². The molecule has 1 N–H and O–H groups in total. The van der Waals surface area contributed by atoms with Crippen LogP contribution in [0.15, 0.2) is 66.9 Å². The predicted molar refractivity (Wildman–Crippen MR) is 125 cm³/mol. The number of piperidine rings is 1. The van der Waals surface area contributed by atoms with Gasteiger partial charge in [-0.3, -0.25) is 9.89 Å². The van der Waals surface area contributed by atoms with Crippen LogP contribution in [0.25, 0.3) is 16.9 Å². The highest BCUT2D eigenvalue weighted by atomic mass is 16.2. The van der Waals surface area contributed by atoms with E-state index in [0.29, 0.717) is 17.4 Å². The molecule has 1 saturated carbocycles. The highest BCUT2D eigenvalue weighted by Gasteiger charge is 2.31. The number of likely N-dealkylation sites (tertiary alicyclic amines) is 1. The first-order valence-electron chi connectivity index (χ1n) is 11.7. The lowest BCUT2D eigenvalue weighted by Crippen LogP contribution is -2.38. The summed E-state index contributed by atoms with van der Waals surface area (Å²) in [7, 11) is 0. The van der Waals surface area contributed by atoms with Gasteiger partial charge in [-0.05, 0) is 49.9 Å². The van der Waals surface area contributed by atoms with Gasteiger partial charge < -0.3 is 4.90 Å². The Morgan fingerprint density at radius 2 is 1.73 bits per heavy atom. The van der Waals surface area contributed by atoms with E-state index in [-0.39, 0.29) is 5.91 Å². The fraction of sp³-hybridized carbons (Fsp3) is 0.308. The zero-order valence-electron chi connectivity index (χ0n) is 18.4. The number of carbonyl (C=O) groups is 1. The van der Waals surface area contributed by atoms with Crippen molar-refractivity contribution in [3.63, 3.8) is 0 Å². The molecule has 6 rings (SSSR count). The minimum atomic E-state index is 0.0694. The van der Waals surface area contributed by atoms with E-state index in [4.69, 9.17) is 4.98 Å². The maximum Gasteiger partial charge on any atom is 0.253 e. The number of H-pyrrole nitrogens is 1. The first-order chi connectivity index (χ1) is 16.3. The molecule has 0 atom stereocenters. The van der Waals surface area contributed by atoms with Crippen molar-refractivity contribution in [1.82, 2.24) is 29.9 Å². The van der Waals surface area contributed by atoms with Crippen LogP contribution in [-0.4, -0.2) is 48.9 Å². The zero-order valence-corrected chi connectivity index (χ0v) is 18.4. The van der Waals surface area contributed by atoms with Gasteiger partial charge in [0.15, 0.2) is 5.82 Å². The summed E-state index contributed by atoms with van der Waals surface area (Å²) < 4.78 is 1.89. The van der Waals surface area contributed by atoms with Gasteiger partial charge in [0.1, 0.15) is 5.82 Å². The number of amides is 1. The number of rotatable bonds is 5. The topological polar surface area (TPSA) is 79.7 Å². The van der Waals surface area contributed by atoms with E-state index in [1.54, 1.807) is 6.20 Å². The van der Waals surface area contributed by atoms with Crippen molar-refractivity contribution in [3.05, 3.63) is 84.1 Å². The first-order valence-corrected chi connectivity index (χ1v) is 11.7. The lowest BCUT2D eigenvalue weighted by Gasteiger charge is -2.31. The predicted octanol–water partition coefficient (Wildman–Crippen LogP) is 4.55. The van der Waals surface area contributed by atoms with E-state index in [1.807, 2.05) is 58.1 Å². The van der Waals surface area contributed by atoms with Crippen LogP contribution in [0, 0.1) is 0 Å². The molecule has 3 heterocycles. The lowest BCUT2D eigenvalue weighted by molar-refractivity contribution is 0.0711. The number of aromatic amines is 1. The van der Waals surface area contributed by atoms with Gasteiger partial charge in [-0.15, -0.1) is 0 Å². The molecule has 33 heavy (non-hydrogen) atoms. The van der Waals surface area contributed by atoms with Gasteiger partial charge in [0.25, 0.3) is 5.91 Å². The van der Waals surface area contributed by atoms with E-state index < -0.39 is 0 Å². The Labute approximate surface area is 192 Å². The van der Waals surface area contributed by atoms with Crippen LogP contribution in [0.2, 0.25) is 0 Å². The van der Waals surface area contributed by atoms with E-state index in [0.717, 1.165) is 54.5 Å². The summed E-state index contributed by atoms with van der Waals surface area (Å²) in [4.78, 5) is 20.0. The zero-order chi connectivity index (χ0) is 22.2. The number of aromatic nitrogens is 5. The van der Waals surface area contributed by atoms with Gasteiger partial charge in [-0.25, -0.2) is 9.67 Å². The van der Waals surface area contributed by atoms with Crippen LogP contribution < -0.4 is 0 Å². The number of carbonyl (C=O) groups excluding carboxylic acids is 1. The molecule has 4 aromatic rings. The molecular weight excluding hydrogens is 412 g/mol. The van der Waals surface area contributed by atoms with Gasteiger partial charge in [0, 0.05) is 36.1 Å². The minimum absolute atomic E-state index is 0.0694. The molecule has 2 aromatic carbocycles. The Morgan fingerprint density at radius 3 is 2.52 bits per heavy atom. The largest absolute Gasteiger partial charge is 0.339 e. The standard InChI is InChI=1S/C26H26N6O/c33-26(31-15-12-20(13-16-31)25-28-24(29-30-25)19-9-10-19)21-7-4-8-22(17-21)32-23(11-14-27-32)18-5-2-1-3-6-18/h1-8,11,14,17,19-20H,9-10,12-13,15-16H2,(H,28,29,30). The summed E-state index contributed by atoms with van der Waals surface area (Å²) in [6.45, 7) is 1.45. The number of nitrogens with zero attached hydrogens (tertiary/aromatic N) is 5. The molecule has 0 radical (unpaired) electrons. The quantitative estimate of drug-likeness (QED) is 0.496. The van der Waals surface area contributed by atoms with Crippen molar-refractivity contribution < 1.29 is 4.79 Å². The third kappa shape index (κ3) is 3.95. The Balaban J connectivity index is 1.17. The average molecular weight is 439 g/mol. The van der Waals surface area contributed by atoms with Crippen LogP contribution in [0.4, 0.5) is 0 Å². The third-order valence-corrected chi connectivity index (χ3v) is 6.68. The maximum atomic E-state index is 13.3. The molecule has 0 bridgehead atoms. The molecule has 0 unspecified atom stereocenters. The van der Waals surface area contributed by atoms with Crippen LogP contribution in [0.5, 0.6) is 0 Å². The second-order valence-corrected chi connectivity index (χ2v) is 8.96. The highest BCUT2D eigenvalue weighted by Crippen LogP contribution is 2.38. The van der Waals surface area contributed by atoms with Crippen LogP contribution >= 0.6 is 0 Å². The molecular formula is C26H26N6O. The first kappa shape index (κ1) is 19.9. The smallest absolute Gasteiger partial charge is 0.253 e. The maximum absolute atomic E-state index is 13.3. The Bertz CT molecular complexity index is 1260. The number of benzene rings is 2. The monoisotopic (exact) mass is 438 g/mol. The van der Waals surface area contributed by atoms with Crippen molar-refractivity contribution in [1.29, 1.82) is 0 Å². The summed E-state index contributed by atoms with van der Waals surface area (Å²) in [5.41, 5.74) is 3.66. The van der Waals surface area contributed by atoms with Gasteiger partial charge in [-0.1, -0.05) is 36.4 Å². The second kappa shape index (κ2) is 8.31. The SMILES string of the molecule is O=C(c1cccc(-n2nccc2-c2ccccc2)c1)N1CCC(c2nc(C3CC3)n[nH]2)CC1. The van der Waals surface area contributed by atoms with Crippen molar-refractivity contribution in [2.24, 2.45) is 0 Å². The van der Waals surface area contributed by atoms with E-state index >= 15 is 0 Å². The summed E-state index contributed by atoms with van der Waals surface area (Å²) in [5.74, 6) is 2.92. The van der Waals surface area contributed by atoms with E-state index in [1.165, 1.54) is 12.8 Å². The van der Waals surface area contributed by atoms with Gasteiger partial charge in [0.2, 0.25) is 0 Å². The summed E-state index contributed by atoms with van der Waals surface area (Å²) in [5, 5.41) is 12.0. The van der Waals surface area contributed by atoms with Crippen LogP contribution in [-0.2, 0) is 0 Å². The lowest BCUT2D eigenvalue weighted by atomic mass is 9.95. The number of nitrogens with one attached hydrogen (secondary N) is 1. The fourth-order valence-corrected chi connectivity index (χ4v) is 4.64. The van der Waals surface area contributed by atoms with Crippen molar-refractivity contribution >= 4 is 5.91 Å². The second-order valence-electron chi connectivity index (χ2n) is 8.96. The number of hydrogen-bond donors (Lipinski definition) is 1. The summed E-state index contributed by atoms with van der Waals surface area (Å²) in [6, 6.07) is 19.9. The molecule has 1 saturated heterocycles. The highest BCUT2D eigenvalue weighted by molar-refractivity contribution is 5.94. The molecule has 2 aliphatic rings. The minimum Gasteiger partial charge on any atom is -0.339 e. The molecule has 2 fully saturated rings. The summed E-state index contributed by atoms with van der Waals surface area (Å²) in [6.07, 6.45) is 6.01. The number of hydrogen-bond acceptors (Lipinski definition) is 4. The molecule has 7 heteroatoms. The van der Waals surface area contributed by atoms with Gasteiger partial charge in [-0.2, -0.15) is 10.2 Å². The van der Waals surface area contributed by atoms with Crippen molar-refractivity contribution in [2.75, 3.05) is 13.1 Å². The van der Waals surface area contributed by atoms with Crippen molar-refractivity contribution in [2.45, 2.75) is 37.5 Å². The van der Waals surface area contributed by atoms with Crippen LogP contribution in [0.3, 0.4) is 0 Å². The molecule has 166 valence electrons. The Hall–Kier alpha value is -3.74.